The first-order valence-electron chi connectivity index (χ1n) is 9.53. The molecular weight excluding hydrogens is 394 g/mol. The number of amides is 3. The van der Waals surface area contributed by atoms with Crippen LogP contribution in [0.15, 0.2) is 89.5 Å². The molecule has 0 radical (unpaired) electrons. The summed E-state index contributed by atoms with van der Waals surface area (Å²) < 4.78 is 5.18. The molecule has 0 atom stereocenters. The molecular formula is C24H15N3O4. The first-order chi connectivity index (χ1) is 15.1. The summed E-state index contributed by atoms with van der Waals surface area (Å²) in [6.07, 6.45) is 0. The van der Waals surface area contributed by atoms with E-state index in [1.165, 1.54) is 0 Å². The van der Waals surface area contributed by atoms with Crippen LogP contribution in [-0.2, 0) is 0 Å². The van der Waals surface area contributed by atoms with Gasteiger partial charge in [0.15, 0.2) is 0 Å². The van der Waals surface area contributed by atoms with Crippen molar-refractivity contribution in [2.24, 2.45) is 0 Å². The van der Waals surface area contributed by atoms with Crippen molar-refractivity contribution in [3.05, 3.63) is 102 Å². The number of anilines is 2. The van der Waals surface area contributed by atoms with Gasteiger partial charge in [0, 0.05) is 17.3 Å². The van der Waals surface area contributed by atoms with Gasteiger partial charge in [0.05, 0.1) is 16.8 Å². The molecule has 1 aromatic heterocycles. The summed E-state index contributed by atoms with van der Waals surface area (Å²) in [6.45, 7) is 0. The Kier molecular flexibility index (Phi) is 4.41. The zero-order chi connectivity index (χ0) is 21.4. The quantitative estimate of drug-likeness (QED) is 0.505. The van der Waals surface area contributed by atoms with E-state index in [9.17, 15) is 14.4 Å². The highest BCUT2D eigenvalue weighted by molar-refractivity contribution is 6.34. The van der Waals surface area contributed by atoms with Crippen molar-refractivity contribution in [2.75, 3.05) is 10.2 Å². The van der Waals surface area contributed by atoms with Crippen LogP contribution >= 0.6 is 0 Å². The van der Waals surface area contributed by atoms with Crippen LogP contribution in [0.25, 0.3) is 11.3 Å². The Balaban J connectivity index is 1.37. The highest BCUT2D eigenvalue weighted by atomic mass is 16.5. The Morgan fingerprint density at radius 1 is 0.806 bits per heavy atom. The molecule has 5 rings (SSSR count). The average molecular weight is 409 g/mol. The Morgan fingerprint density at radius 3 is 2.19 bits per heavy atom. The molecule has 7 heteroatoms. The lowest BCUT2D eigenvalue weighted by Crippen LogP contribution is -2.29. The van der Waals surface area contributed by atoms with E-state index in [1.54, 1.807) is 54.6 Å². The van der Waals surface area contributed by atoms with E-state index in [-0.39, 0.29) is 5.76 Å². The van der Waals surface area contributed by atoms with Crippen LogP contribution in [0.2, 0.25) is 0 Å². The number of carbonyl (C=O) groups is 3. The van der Waals surface area contributed by atoms with Gasteiger partial charge in [0.1, 0.15) is 5.69 Å². The SMILES string of the molecule is O=C(Nc1cccc(N2C(=O)c3ccccc3C2=O)c1)c1cc(-c2ccccc2)no1. The number of carbonyl (C=O) groups excluding carboxylic acids is 3. The third kappa shape index (κ3) is 3.28. The molecule has 0 bridgehead atoms. The summed E-state index contributed by atoms with van der Waals surface area (Å²) in [7, 11) is 0. The third-order valence-electron chi connectivity index (χ3n) is 4.96. The lowest BCUT2D eigenvalue weighted by molar-refractivity contribution is 0.0924. The molecule has 1 aliphatic rings. The first kappa shape index (κ1) is 18.5. The van der Waals surface area contributed by atoms with Gasteiger partial charge in [-0.1, -0.05) is 53.7 Å². The minimum absolute atomic E-state index is 0.0463. The van der Waals surface area contributed by atoms with Crippen molar-refractivity contribution < 1.29 is 18.9 Å². The van der Waals surface area contributed by atoms with Gasteiger partial charge in [-0.2, -0.15) is 0 Å². The maximum Gasteiger partial charge on any atom is 0.294 e. The summed E-state index contributed by atoms with van der Waals surface area (Å²) in [5, 5.41) is 6.65. The van der Waals surface area contributed by atoms with Crippen molar-refractivity contribution in [3.63, 3.8) is 0 Å². The number of fused-ring (bicyclic) bond motifs is 1. The predicted octanol–water partition coefficient (Wildman–Crippen LogP) is 4.39. The summed E-state index contributed by atoms with van der Waals surface area (Å²) in [5.41, 5.74) is 2.88. The van der Waals surface area contributed by atoms with E-state index >= 15 is 0 Å². The van der Waals surface area contributed by atoms with Gasteiger partial charge in [-0.05, 0) is 30.3 Å². The number of hydrogen-bond acceptors (Lipinski definition) is 5. The largest absolute Gasteiger partial charge is 0.350 e. The van der Waals surface area contributed by atoms with Gasteiger partial charge in [-0.3, -0.25) is 14.4 Å². The topological polar surface area (TPSA) is 92.5 Å². The third-order valence-corrected chi connectivity index (χ3v) is 4.96. The summed E-state index contributed by atoms with van der Waals surface area (Å²) in [5.74, 6) is -1.24. The van der Waals surface area contributed by atoms with E-state index in [0.717, 1.165) is 10.5 Å². The molecule has 3 aromatic carbocycles. The van der Waals surface area contributed by atoms with E-state index in [1.807, 2.05) is 30.3 Å². The fourth-order valence-corrected chi connectivity index (χ4v) is 3.47. The fourth-order valence-electron chi connectivity index (χ4n) is 3.47. The van der Waals surface area contributed by atoms with Crippen LogP contribution < -0.4 is 10.2 Å². The van der Waals surface area contributed by atoms with E-state index in [2.05, 4.69) is 10.5 Å². The van der Waals surface area contributed by atoms with Gasteiger partial charge in [0.2, 0.25) is 5.76 Å². The maximum atomic E-state index is 12.7. The summed E-state index contributed by atoms with van der Waals surface area (Å²) in [4.78, 5) is 39.1. The van der Waals surface area contributed by atoms with Gasteiger partial charge in [-0.15, -0.1) is 0 Å². The van der Waals surface area contributed by atoms with Crippen LogP contribution in [0, 0.1) is 0 Å². The lowest BCUT2D eigenvalue weighted by Gasteiger charge is -2.15. The molecule has 3 amide bonds. The second-order valence-electron chi connectivity index (χ2n) is 6.94. The van der Waals surface area contributed by atoms with Crippen molar-refractivity contribution >= 4 is 29.1 Å². The number of aromatic nitrogens is 1. The van der Waals surface area contributed by atoms with Crippen LogP contribution in [0.3, 0.4) is 0 Å². The Morgan fingerprint density at radius 2 is 1.48 bits per heavy atom. The Bertz CT molecular complexity index is 1290. The van der Waals surface area contributed by atoms with Gasteiger partial charge in [0.25, 0.3) is 17.7 Å². The molecule has 0 fully saturated rings. The highest BCUT2D eigenvalue weighted by Gasteiger charge is 2.36. The normalized spacial score (nSPS) is 12.7. The predicted molar refractivity (Wildman–Crippen MR) is 114 cm³/mol. The molecule has 1 aliphatic heterocycles. The molecule has 4 aromatic rings. The minimum atomic E-state index is -0.491. The minimum Gasteiger partial charge on any atom is -0.350 e. The Labute approximate surface area is 176 Å². The summed E-state index contributed by atoms with van der Waals surface area (Å²) in [6, 6.07) is 24.1. The lowest BCUT2D eigenvalue weighted by atomic mass is 10.1. The number of nitrogens with one attached hydrogen (secondary N) is 1. The van der Waals surface area contributed by atoms with E-state index < -0.39 is 17.7 Å². The standard InChI is InChI=1S/C24H15N3O4/c28-22(21-14-20(26-31-21)15-7-2-1-3-8-15)25-16-9-6-10-17(13-16)27-23(29)18-11-4-5-12-19(18)24(27)30/h1-14H,(H,25,28). The molecule has 0 saturated carbocycles. The molecule has 150 valence electrons. The number of hydrogen-bond donors (Lipinski definition) is 1. The van der Waals surface area contributed by atoms with Crippen molar-refractivity contribution in [2.45, 2.75) is 0 Å². The van der Waals surface area contributed by atoms with Crippen LogP contribution in [0.5, 0.6) is 0 Å². The second-order valence-corrected chi connectivity index (χ2v) is 6.94. The van der Waals surface area contributed by atoms with Gasteiger partial charge >= 0.3 is 0 Å². The molecule has 0 spiro atoms. The van der Waals surface area contributed by atoms with Gasteiger partial charge in [-0.25, -0.2) is 4.90 Å². The van der Waals surface area contributed by atoms with E-state index in [0.29, 0.717) is 28.2 Å². The molecule has 1 N–H and O–H groups in total. The summed E-state index contributed by atoms with van der Waals surface area (Å²) >= 11 is 0. The zero-order valence-corrected chi connectivity index (χ0v) is 16.1. The highest BCUT2D eigenvalue weighted by Crippen LogP contribution is 2.30. The van der Waals surface area contributed by atoms with Crippen molar-refractivity contribution in [1.29, 1.82) is 0 Å². The van der Waals surface area contributed by atoms with Crippen LogP contribution in [0.1, 0.15) is 31.3 Å². The smallest absolute Gasteiger partial charge is 0.294 e. The molecule has 0 unspecified atom stereocenters. The number of benzene rings is 3. The first-order valence-corrected chi connectivity index (χ1v) is 9.53. The molecule has 31 heavy (non-hydrogen) atoms. The number of imide groups is 1. The zero-order valence-electron chi connectivity index (χ0n) is 16.1. The Hall–Kier alpha value is -4.52. The number of rotatable bonds is 4. The van der Waals surface area contributed by atoms with Gasteiger partial charge < -0.3 is 9.84 Å². The van der Waals surface area contributed by atoms with Crippen LogP contribution in [0.4, 0.5) is 11.4 Å². The fraction of sp³-hybridized carbons (Fsp3) is 0. The van der Waals surface area contributed by atoms with Crippen molar-refractivity contribution in [3.8, 4) is 11.3 Å². The van der Waals surface area contributed by atoms with E-state index in [4.69, 9.17) is 4.52 Å². The molecule has 2 heterocycles. The number of nitrogens with zero attached hydrogens (tertiary/aromatic N) is 2. The van der Waals surface area contributed by atoms with Crippen molar-refractivity contribution in [1.82, 2.24) is 5.16 Å². The average Bonchev–Trinajstić information content (AvgIpc) is 3.39. The van der Waals surface area contributed by atoms with Crippen LogP contribution in [-0.4, -0.2) is 22.9 Å². The monoisotopic (exact) mass is 409 g/mol. The molecule has 7 nitrogen and oxygen atoms in total. The maximum absolute atomic E-state index is 12.7. The molecule has 0 saturated heterocycles. The second kappa shape index (κ2) is 7.38. The molecule has 0 aliphatic carbocycles.